The molecule has 0 aliphatic carbocycles. The van der Waals surface area contributed by atoms with E-state index in [1.54, 1.807) is 11.3 Å². The highest BCUT2D eigenvalue weighted by atomic mass is 32.1. The van der Waals surface area contributed by atoms with E-state index in [0.29, 0.717) is 12.8 Å². The van der Waals surface area contributed by atoms with Crippen LogP contribution in [0.15, 0.2) is 23.7 Å². The molecule has 0 radical (unpaired) electrons. The van der Waals surface area contributed by atoms with Crippen LogP contribution in [0.4, 0.5) is 5.69 Å². The van der Waals surface area contributed by atoms with E-state index in [1.165, 1.54) is 5.56 Å². The van der Waals surface area contributed by atoms with Gasteiger partial charge in [-0.3, -0.25) is 20.0 Å². The Morgan fingerprint density at radius 1 is 1.21 bits per heavy atom. The lowest BCUT2D eigenvalue weighted by molar-refractivity contribution is -0.120. The molecule has 2 N–H and O–H groups in total. The first-order valence-electron chi connectivity index (χ1n) is 7.99. The summed E-state index contributed by atoms with van der Waals surface area (Å²) in [6, 6.07) is 4.20. The number of anilines is 1. The van der Waals surface area contributed by atoms with Crippen molar-refractivity contribution in [2.75, 3.05) is 5.43 Å². The van der Waals surface area contributed by atoms with Crippen molar-refractivity contribution in [1.29, 1.82) is 0 Å². The maximum absolute atomic E-state index is 12.1. The lowest BCUT2D eigenvalue weighted by Crippen LogP contribution is -2.30. The third-order valence-electron chi connectivity index (χ3n) is 4.02. The van der Waals surface area contributed by atoms with Crippen LogP contribution >= 0.6 is 11.3 Å². The highest BCUT2D eigenvalue weighted by molar-refractivity contribution is 7.15. The lowest BCUT2D eigenvalue weighted by Gasteiger charge is -2.14. The minimum absolute atomic E-state index is 0.0226. The smallest absolute Gasteiger partial charge is 0.238 e. The van der Waals surface area contributed by atoms with Crippen LogP contribution in [0.25, 0.3) is 4.96 Å². The number of aromatic nitrogens is 2. The van der Waals surface area contributed by atoms with Gasteiger partial charge in [0.15, 0.2) is 4.96 Å². The number of hydrazine groups is 1. The Morgan fingerprint density at radius 2 is 1.92 bits per heavy atom. The van der Waals surface area contributed by atoms with Gasteiger partial charge in [-0.2, -0.15) is 0 Å². The largest absolute Gasteiger partial charge is 0.298 e. The molecule has 0 atom stereocenters. The van der Waals surface area contributed by atoms with Gasteiger partial charge in [-0.05, 0) is 45.2 Å². The van der Waals surface area contributed by atoms with E-state index in [0.717, 1.165) is 33.2 Å². The molecule has 0 spiro atoms. The van der Waals surface area contributed by atoms with Crippen LogP contribution in [-0.4, -0.2) is 15.3 Å². The van der Waals surface area contributed by atoms with Gasteiger partial charge in [-0.15, -0.1) is 11.3 Å². The van der Waals surface area contributed by atoms with E-state index in [2.05, 4.69) is 44.7 Å². The molecule has 3 rings (SSSR count). The van der Waals surface area contributed by atoms with Crippen LogP contribution in [-0.2, 0) is 11.2 Å². The van der Waals surface area contributed by atoms with E-state index in [9.17, 15) is 4.79 Å². The Morgan fingerprint density at radius 3 is 2.62 bits per heavy atom. The number of fused-ring (bicyclic) bond motifs is 1. The summed E-state index contributed by atoms with van der Waals surface area (Å²) in [6.07, 6.45) is 3.13. The predicted molar refractivity (Wildman–Crippen MR) is 98.5 cm³/mol. The van der Waals surface area contributed by atoms with Gasteiger partial charge in [-0.25, -0.2) is 4.98 Å². The van der Waals surface area contributed by atoms with Crippen molar-refractivity contribution in [3.8, 4) is 0 Å². The second kappa shape index (κ2) is 6.65. The third kappa shape index (κ3) is 3.43. The van der Waals surface area contributed by atoms with Gasteiger partial charge in [0.25, 0.3) is 0 Å². The topological polar surface area (TPSA) is 58.4 Å². The fraction of sp³-hybridized carbons (Fsp3) is 0.333. The number of hydrogen-bond acceptors (Lipinski definition) is 4. The molecule has 0 fully saturated rings. The number of carbonyl (C=O) groups is 1. The number of aryl methyl sites for hydroxylation is 5. The summed E-state index contributed by atoms with van der Waals surface area (Å²) < 4.78 is 2.06. The molecule has 0 saturated heterocycles. The molecule has 0 unspecified atom stereocenters. The molecule has 0 bridgehead atoms. The van der Waals surface area contributed by atoms with Crippen molar-refractivity contribution in [3.05, 3.63) is 51.8 Å². The first-order chi connectivity index (χ1) is 11.4. The summed E-state index contributed by atoms with van der Waals surface area (Å²) in [7, 11) is 0. The minimum atomic E-state index is -0.0226. The van der Waals surface area contributed by atoms with Gasteiger partial charge < -0.3 is 0 Å². The molecule has 3 aromatic rings. The lowest BCUT2D eigenvalue weighted by atomic mass is 10.1. The predicted octanol–water partition coefficient (Wildman–Crippen LogP) is 3.71. The Labute approximate surface area is 145 Å². The number of rotatable bonds is 5. The van der Waals surface area contributed by atoms with Gasteiger partial charge in [0.05, 0.1) is 11.4 Å². The number of imidazole rings is 1. The number of benzene rings is 1. The minimum Gasteiger partial charge on any atom is -0.298 e. The maximum Gasteiger partial charge on any atom is 0.238 e. The standard InChI is InChI=1S/C18H22N4OS/c1-11-7-12(2)17(13(3)8-11)21-20-16(23)6-5-15-10-24-18-19-14(4)9-22(15)18/h7-10,21H,5-6H2,1-4H3,(H,20,23). The van der Waals surface area contributed by atoms with Gasteiger partial charge in [-0.1, -0.05) is 17.7 Å². The van der Waals surface area contributed by atoms with E-state index < -0.39 is 0 Å². The number of carbonyl (C=O) groups excluding carboxylic acids is 1. The Kier molecular flexibility index (Phi) is 4.57. The van der Waals surface area contributed by atoms with Crippen molar-refractivity contribution in [1.82, 2.24) is 14.8 Å². The SMILES string of the molecule is Cc1cc(C)c(NNC(=O)CCc2csc3nc(C)cn23)c(C)c1. The van der Waals surface area contributed by atoms with Crippen LogP contribution in [0.1, 0.15) is 34.5 Å². The highest BCUT2D eigenvalue weighted by Gasteiger charge is 2.09. The van der Waals surface area contributed by atoms with Crippen molar-refractivity contribution in [2.45, 2.75) is 40.5 Å². The number of nitrogens with one attached hydrogen (secondary N) is 2. The first-order valence-corrected chi connectivity index (χ1v) is 8.87. The second-order valence-corrected chi connectivity index (χ2v) is 7.05. The van der Waals surface area contributed by atoms with Crippen LogP contribution < -0.4 is 10.9 Å². The van der Waals surface area contributed by atoms with Crippen molar-refractivity contribution < 1.29 is 4.79 Å². The molecule has 1 amide bonds. The molecule has 0 aliphatic rings. The van der Waals surface area contributed by atoms with Crippen LogP contribution in [0.2, 0.25) is 0 Å². The number of nitrogens with zero attached hydrogens (tertiary/aromatic N) is 2. The molecule has 126 valence electrons. The van der Waals surface area contributed by atoms with Gasteiger partial charge >= 0.3 is 0 Å². The second-order valence-electron chi connectivity index (χ2n) is 6.21. The molecular formula is C18H22N4OS. The summed E-state index contributed by atoms with van der Waals surface area (Å²) >= 11 is 1.61. The van der Waals surface area contributed by atoms with E-state index in [-0.39, 0.29) is 5.91 Å². The average molecular weight is 342 g/mol. The fourth-order valence-electron chi connectivity index (χ4n) is 2.93. The average Bonchev–Trinajstić information content (AvgIpc) is 3.03. The van der Waals surface area contributed by atoms with Crippen molar-refractivity contribution >= 4 is 27.9 Å². The quantitative estimate of drug-likeness (QED) is 0.695. The van der Waals surface area contributed by atoms with Crippen LogP contribution in [0, 0.1) is 27.7 Å². The fourth-order valence-corrected chi connectivity index (χ4v) is 3.89. The summed E-state index contributed by atoms with van der Waals surface area (Å²) in [4.78, 5) is 17.6. The molecule has 1 aromatic carbocycles. The summed E-state index contributed by atoms with van der Waals surface area (Å²) in [5, 5.41) is 2.07. The number of thiazole rings is 1. The molecule has 6 heteroatoms. The zero-order valence-electron chi connectivity index (χ0n) is 14.4. The van der Waals surface area contributed by atoms with Crippen molar-refractivity contribution in [3.63, 3.8) is 0 Å². The normalized spacial score (nSPS) is 11.0. The highest BCUT2D eigenvalue weighted by Crippen LogP contribution is 2.21. The third-order valence-corrected chi connectivity index (χ3v) is 4.90. The molecule has 0 aliphatic heterocycles. The molecule has 5 nitrogen and oxygen atoms in total. The first kappa shape index (κ1) is 16.5. The zero-order valence-corrected chi connectivity index (χ0v) is 15.3. The summed E-state index contributed by atoms with van der Waals surface area (Å²) in [5.41, 5.74) is 12.4. The monoisotopic (exact) mass is 342 g/mol. The zero-order chi connectivity index (χ0) is 17.3. The van der Waals surface area contributed by atoms with Gasteiger partial charge in [0.1, 0.15) is 0 Å². The Hall–Kier alpha value is -2.34. The molecular weight excluding hydrogens is 320 g/mol. The van der Waals surface area contributed by atoms with Gasteiger partial charge in [0, 0.05) is 23.7 Å². The molecule has 0 saturated carbocycles. The number of hydrogen-bond donors (Lipinski definition) is 2. The molecule has 2 aromatic heterocycles. The Balaban J connectivity index is 1.58. The summed E-state index contributed by atoms with van der Waals surface area (Å²) in [6.45, 7) is 8.13. The summed E-state index contributed by atoms with van der Waals surface area (Å²) in [5.74, 6) is -0.0226. The number of amides is 1. The van der Waals surface area contributed by atoms with Crippen molar-refractivity contribution in [2.24, 2.45) is 0 Å². The Bertz CT molecular complexity index is 871. The van der Waals surface area contributed by atoms with Crippen LogP contribution in [0.3, 0.4) is 0 Å². The molecule has 24 heavy (non-hydrogen) atoms. The van der Waals surface area contributed by atoms with E-state index in [4.69, 9.17) is 0 Å². The van der Waals surface area contributed by atoms with Crippen LogP contribution in [0.5, 0.6) is 0 Å². The van der Waals surface area contributed by atoms with Gasteiger partial charge in [0.2, 0.25) is 5.91 Å². The van der Waals surface area contributed by atoms with E-state index >= 15 is 0 Å². The van der Waals surface area contributed by atoms with E-state index in [1.807, 2.05) is 27.0 Å². The molecule has 2 heterocycles. The maximum atomic E-state index is 12.1.